The molecule has 0 unspecified atom stereocenters. The number of piperidine rings is 1. The van der Waals surface area contributed by atoms with Crippen molar-refractivity contribution in [2.75, 3.05) is 13.1 Å². The van der Waals surface area contributed by atoms with Crippen LogP contribution in [0.15, 0.2) is 71.5 Å². The van der Waals surface area contributed by atoms with Gasteiger partial charge in [-0.15, -0.1) is 10.2 Å². The SMILES string of the molecule is O=C(c1cc(-c2ccccc2)on1)N1CCC(Oc2ccc(-n3cccn3)nn2)CC1. The lowest BCUT2D eigenvalue weighted by Gasteiger charge is -2.31. The lowest BCUT2D eigenvalue weighted by atomic mass is 10.1. The zero-order valence-corrected chi connectivity index (χ0v) is 16.7. The van der Waals surface area contributed by atoms with Gasteiger partial charge in [-0.3, -0.25) is 4.79 Å². The molecule has 0 saturated carbocycles. The van der Waals surface area contributed by atoms with Crippen molar-refractivity contribution in [1.82, 2.24) is 30.0 Å². The Balaban J connectivity index is 1.16. The Labute approximate surface area is 178 Å². The lowest BCUT2D eigenvalue weighted by Crippen LogP contribution is -2.42. The van der Waals surface area contributed by atoms with E-state index < -0.39 is 0 Å². The van der Waals surface area contributed by atoms with E-state index in [1.807, 2.05) is 42.5 Å². The average Bonchev–Trinajstić information content (AvgIpc) is 3.53. The molecule has 1 fully saturated rings. The molecule has 1 aliphatic heterocycles. The molecule has 1 saturated heterocycles. The fraction of sp³-hybridized carbons (Fsp3) is 0.227. The average molecular weight is 416 g/mol. The summed E-state index contributed by atoms with van der Waals surface area (Å²) in [4.78, 5) is 14.6. The number of hydrogen-bond donors (Lipinski definition) is 0. The number of ether oxygens (including phenoxy) is 1. The Morgan fingerprint density at radius 1 is 1.03 bits per heavy atom. The summed E-state index contributed by atoms with van der Waals surface area (Å²) in [5.41, 5.74) is 1.21. The number of aromatic nitrogens is 5. The van der Waals surface area contributed by atoms with Crippen molar-refractivity contribution >= 4 is 5.91 Å². The van der Waals surface area contributed by atoms with Crippen LogP contribution in [0.4, 0.5) is 0 Å². The molecule has 0 radical (unpaired) electrons. The van der Waals surface area contributed by atoms with Gasteiger partial charge in [0.25, 0.3) is 5.91 Å². The maximum atomic E-state index is 12.8. The number of benzene rings is 1. The first-order valence-electron chi connectivity index (χ1n) is 10.1. The van der Waals surface area contributed by atoms with Crippen LogP contribution in [0.25, 0.3) is 17.1 Å². The van der Waals surface area contributed by atoms with Crippen LogP contribution in [0.1, 0.15) is 23.3 Å². The first-order chi connectivity index (χ1) is 15.3. The molecule has 0 N–H and O–H groups in total. The minimum Gasteiger partial charge on any atom is -0.473 e. The third-order valence-electron chi connectivity index (χ3n) is 5.17. The minimum absolute atomic E-state index is 0.0221. The zero-order valence-electron chi connectivity index (χ0n) is 16.7. The van der Waals surface area contributed by atoms with Crippen LogP contribution in [-0.2, 0) is 0 Å². The van der Waals surface area contributed by atoms with Crippen LogP contribution in [0.2, 0.25) is 0 Å². The van der Waals surface area contributed by atoms with Crippen LogP contribution >= 0.6 is 0 Å². The maximum absolute atomic E-state index is 12.8. The van der Waals surface area contributed by atoms with Gasteiger partial charge in [-0.1, -0.05) is 35.5 Å². The monoisotopic (exact) mass is 416 g/mol. The van der Waals surface area contributed by atoms with E-state index in [-0.39, 0.29) is 12.0 Å². The minimum atomic E-state index is -0.132. The van der Waals surface area contributed by atoms with Crippen molar-refractivity contribution in [2.24, 2.45) is 0 Å². The second-order valence-electron chi connectivity index (χ2n) is 7.23. The van der Waals surface area contributed by atoms with Gasteiger partial charge in [0.1, 0.15) is 6.10 Å². The predicted octanol–water partition coefficient (Wildman–Crippen LogP) is 3.00. The molecule has 0 spiro atoms. The van der Waals surface area contributed by atoms with Crippen LogP contribution in [0.5, 0.6) is 5.88 Å². The van der Waals surface area contributed by atoms with Crippen LogP contribution < -0.4 is 4.74 Å². The lowest BCUT2D eigenvalue weighted by molar-refractivity contribution is 0.0577. The summed E-state index contributed by atoms with van der Waals surface area (Å²) >= 11 is 0. The zero-order chi connectivity index (χ0) is 21.0. The third kappa shape index (κ3) is 4.16. The number of carbonyl (C=O) groups excluding carboxylic acids is 1. The molecule has 4 heterocycles. The predicted molar refractivity (Wildman–Crippen MR) is 111 cm³/mol. The highest BCUT2D eigenvalue weighted by molar-refractivity contribution is 5.93. The van der Waals surface area contributed by atoms with Crippen LogP contribution in [0.3, 0.4) is 0 Å². The number of nitrogens with zero attached hydrogens (tertiary/aromatic N) is 6. The molecule has 1 aromatic carbocycles. The van der Waals surface area contributed by atoms with Gasteiger partial charge in [0, 0.05) is 56.0 Å². The Morgan fingerprint density at radius 3 is 2.58 bits per heavy atom. The maximum Gasteiger partial charge on any atom is 0.276 e. The van der Waals surface area contributed by atoms with Crippen molar-refractivity contribution in [3.63, 3.8) is 0 Å². The summed E-state index contributed by atoms with van der Waals surface area (Å²) in [7, 11) is 0. The number of carbonyl (C=O) groups is 1. The molecule has 5 rings (SSSR count). The molecule has 4 aromatic rings. The molecule has 0 atom stereocenters. The molecule has 1 amide bonds. The second-order valence-corrected chi connectivity index (χ2v) is 7.23. The number of likely N-dealkylation sites (tertiary alicyclic amines) is 1. The summed E-state index contributed by atoms with van der Waals surface area (Å²) < 4.78 is 12.9. The van der Waals surface area contributed by atoms with E-state index >= 15 is 0 Å². The second kappa shape index (κ2) is 8.39. The van der Waals surface area contributed by atoms with E-state index in [0.29, 0.717) is 49.1 Å². The van der Waals surface area contributed by atoms with Gasteiger partial charge in [-0.2, -0.15) is 5.10 Å². The van der Waals surface area contributed by atoms with E-state index in [9.17, 15) is 4.79 Å². The Kier molecular flexibility index (Phi) is 5.14. The molecule has 1 aliphatic rings. The van der Waals surface area contributed by atoms with Gasteiger partial charge in [-0.25, -0.2) is 4.68 Å². The molecule has 156 valence electrons. The summed E-state index contributed by atoms with van der Waals surface area (Å²) in [5.74, 6) is 1.54. The van der Waals surface area contributed by atoms with Gasteiger partial charge in [0.15, 0.2) is 17.3 Å². The molecule has 0 aliphatic carbocycles. The van der Waals surface area contributed by atoms with Gasteiger partial charge in [0.05, 0.1) is 0 Å². The number of rotatable bonds is 5. The first-order valence-corrected chi connectivity index (χ1v) is 10.1. The van der Waals surface area contributed by atoms with E-state index in [4.69, 9.17) is 9.26 Å². The van der Waals surface area contributed by atoms with Gasteiger partial charge in [-0.05, 0) is 12.1 Å². The molecule has 9 heteroatoms. The van der Waals surface area contributed by atoms with Crippen molar-refractivity contribution in [2.45, 2.75) is 18.9 Å². The van der Waals surface area contributed by atoms with Crippen molar-refractivity contribution < 1.29 is 14.1 Å². The summed E-state index contributed by atoms with van der Waals surface area (Å²) in [6.45, 7) is 1.16. The molecular formula is C22H20N6O3. The van der Waals surface area contributed by atoms with Gasteiger partial charge < -0.3 is 14.2 Å². The Hall–Kier alpha value is -4.01. The molecule has 0 bridgehead atoms. The molecular weight excluding hydrogens is 396 g/mol. The highest BCUT2D eigenvalue weighted by Crippen LogP contribution is 2.22. The number of amides is 1. The molecule has 9 nitrogen and oxygen atoms in total. The standard InChI is InChI=1S/C22H20N6O3/c29-22(18-15-19(31-26-18)16-5-2-1-3-6-16)27-13-9-17(10-14-27)30-21-8-7-20(24-25-21)28-12-4-11-23-28/h1-8,11-12,15,17H,9-10,13-14H2. The largest absolute Gasteiger partial charge is 0.473 e. The van der Waals surface area contributed by atoms with Crippen molar-refractivity contribution in [1.29, 1.82) is 0 Å². The molecule has 31 heavy (non-hydrogen) atoms. The van der Waals surface area contributed by atoms with Gasteiger partial charge >= 0.3 is 0 Å². The third-order valence-corrected chi connectivity index (χ3v) is 5.17. The van der Waals surface area contributed by atoms with E-state index in [1.54, 1.807) is 34.1 Å². The summed E-state index contributed by atoms with van der Waals surface area (Å²) in [5, 5.41) is 16.4. The van der Waals surface area contributed by atoms with Crippen LogP contribution in [0, 0.1) is 0 Å². The Morgan fingerprint density at radius 2 is 1.87 bits per heavy atom. The fourth-order valence-electron chi connectivity index (χ4n) is 3.53. The van der Waals surface area contributed by atoms with Crippen LogP contribution in [-0.4, -0.2) is 55.1 Å². The highest BCUT2D eigenvalue weighted by atomic mass is 16.5. The quantitative estimate of drug-likeness (QED) is 0.493. The summed E-state index contributed by atoms with van der Waals surface area (Å²) in [6, 6.07) is 16.7. The summed E-state index contributed by atoms with van der Waals surface area (Å²) in [6.07, 6.45) is 4.87. The Bertz CT molecular complexity index is 1130. The molecule has 3 aromatic heterocycles. The van der Waals surface area contributed by atoms with E-state index in [2.05, 4.69) is 20.5 Å². The number of hydrogen-bond acceptors (Lipinski definition) is 7. The van der Waals surface area contributed by atoms with E-state index in [1.165, 1.54) is 0 Å². The fourth-order valence-corrected chi connectivity index (χ4v) is 3.53. The van der Waals surface area contributed by atoms with Crippen molar-refractivity contribution in [3.05, 3.63) is 72.7 Å². The van der Waals surface area contributed by atoms with E-state index in [0.717, 1.165) is 5.56 Å². The van der Waals surface area contributed by atoms with Crippen molar-refractivity contribution in [3.8, 4) is 23.0 Å². The smallest absolute Gasteiger partial charge is 0.276 e. The first kappa shape index (κ1) is 19.0. The topological polar surface area (TPSA) is 99.2 Å². The van der Waals surface area contributed by atoms with Gasteiger partial charge in [0.2, 0.25) is 5.88 Å². The normalized spacial score (nSPS) is 14.5. The highest BCUT2D eigenvalue weighted by Gasteiger charge is 2.27.